The zero-order chi connectivity index (χ0) is 29.7. The second kappa shape index (κ2) is 12.4. The van der Waals surface area contributed by atoms with E-state index < -0.39 is 5.41 Å². The molecule has 0 unspecified atom stereocenters. The van der Waals surface area contributed by atoms with E-state index in [2.05, 4.69) is 60.8 Å². The Hall–Kier alpha value is -4.08. The zero-order valence-corrected chi connectivity index (χ0v) is 25.3. The molecular formula is C27H43N13. The van der Waals surface area contributed by atoms with Crippen molar-refractivity contribution in [1.82, 2.24) is 34.5 Å². The molecule has 0 aliphatic carbocycles. The number of nitrogens with one attached hydrogen (secondary N) is 2. The third-order valence-corrected chi connectivity index (χ3v) is 6.14. The highest BCUT2D eigenvalue weighted by atomic mass is 15.4. The standard InChI is InChI=1S/C27H43N13/c1-10-12-14-30-23-32-24(31-15-13-11-2)34-25(33-23)40-22(17(16-28)19(38-40)26(3,4)5)36-35-18-20(27(6,7)8)37-39(9)21(18)29/h10-15,29H2,1-9H3,(H2,30,31,32,33,34). The summed E-state index contributed by atoms with van der Waals surface area (Å²) < 4.78 is 3.04. The number of hydrogen-bond donors (Lipinski definition) is 3. The molecule has 40 heavy (non-hydrogen) atoms. The average Bonchev–Trinajstić information content (AvgIpc) is 3.40. The Balaban J connectivity index is 2.23. The Bertz CT molecular complexity index is 1350. The monoisotopic (exact) mass is 549 g/mol. The predicted molar refractivity (Wildman–Crippen MR) is 158 cm³/mol. The number of hydrogen-bond acceptors (Lipinski definition) is 11. The summed E-state index contributed by atoms with van der Waals surface area (Å²) in [5, 5.41) is 35.2. The number of aromatic nitrogens is 7. The SMILES string of the molecule is CCCCNc1nc(NCCCC)nc(-n2nc(C(C)(C)C)c(C#N)c2N=Nc2c(C(C)(C)C)nn(C)c2N)n1. The minimum atomic E-state index is -0.456. The first-order valence-electron chi connectivity index (χ1n) is 13.8. The third-order valence-electron chi connectivity index (χ3n) is 6.14. The van der Waals surface area contributed by atoms with E-state index in [9.17, 15) is 5.26 Å². The highest BCUT2D eigenvalue weighted by Gasteiger charge is 2.30. The molecule has 3 heterocycles. The Labute approximate surface area is 236 Å². The number of nitriles is 1. The molecule has 0 aliphatic rings. The van der Waals surface area contributed by atoms with Gasteiger partial charge in [0.2, 0.25) is 11.9 Å². The quantitative estimate of drug-likeness (QED) is 0.201. The molecule has 216 valence electrons. The normalized spacial score (nSPS) is 12.2. The zero-order valence-electron chi connectivity index (χ0n) is 25.3. The second-order valence-electron chi connectivity index (χ2n) is 11.8. The summed E-state index contributed by atoms with van der Waals surface area (Å²) in [5.41, 5.74) is 7.53. The van der Waals surface area contributed by atoms with E-state index >= 15 is 0 Å². The molecule has 13 heteroatoms. The molecule has 0 fully saturated rings. The molecule has 3 aromatic heterocycles. The van der Waals surface area contributed by atoms with E-state index in [-0.39, 0.29) is 22.7 Å². The molecule has 0 saturated carbocycles. The molecule has 0 bridgehead atoms. The van der Waals surface area contributed by atoms with E-state index in [1.54, 1.807) is 11.7 Å². The summed E-state index contributed by atoms with van der Waals surface area (Å²) in [6, 6.07) is 2.28. The van der Waals surface area contributed by atoms with Crippen LogP contribution in [0.1, 0.15) is 98.0 Å². The third kappa shape index (κ3) is 6.91. The van der Waals surface area contributed by atoms with Gasteiger partial charge in [-0.05, 0) is 12.8 Å². The molecule has 4 N–H and O–H groups in total. The molecule has 3 rings (SSSR count). The van der Waals surface area contributed by atoms with Crippen LogP contribution in [-0.2, 0) is 17.9 Å². The van der Waals surface area contributed by atoms with Crippen molar-refractivity contribution in [2.24, 2.45) is 17.3 Å². The first kappa shape index (κ1) is 30.5. The molecule has 0 radical (unpaired) electrons. The van der Waals surface area contributed by atoms with Crippen molar-refractivity contribution in [3.8, 4) is 12.0 Å². The number of nitrogens with zero attached hydrogens (tertiary/aromatic N) is 10. The fourth-order valence-corrected chi connectivity index (χ4v) is 3.87. The lowest BCUT2D eigenvalue weighted by atomic mass is 9.90. The Morgan fingerprint density at radius 2 is 1.40 bits per heavy atom. The topological polar surface area (TPSA) is 173 Å². The van der Waals surface area contributed by atoms with Crippen molar-refractivity contribution in [3.63, 3.8) is 0 Å². The molecule has 0 aliphatic heterocycles. The van der Waals surface area contributed by atoms with Crippen molar-refractivity contribution in [2.45, 2.75) is 91.9 Å². The summed E-state index contributed by atoms with van der Waals surface area (Å²) in [6.07, 6.45) is 4.00. The van der Waals surface area contributed by atoms with Crippen molar-refractivity contribution < 1.29 is 0 Å². The van der Waals surface area contributed by atoms with Crippen molar-refractivity contribution in [3.05, 3.63) is 17.0 Å². The first-order valence-corrected chi connectivity index (χ1v) is 13.8. The molecule has 0 spiro atoms. The van der Waals surface area contributed by atoms with Gasteiger partial charge in [-0.3, -0.25) is 4.68 Å². The van der Waals surface area contributed by atoms with E-state index in [0.29, 0.717) is 47.9 Å². The number of unbranched alkanes of at least 4 members (excludes halogenated alkanes) is 2. The van der Waals surface area contributed by atoms with Gasteiger partial charge in [-0.2, -0.15) is 35.1 Å². The summed E-state index contributed by atoms with van der Waals surface area (Å²) >= 11 is 0. The maximum atomic E-state index is 10.2. The van der Waals surface area contributed by atoms with E-state index in [4.69, 9.17) is 10.8 Å². The van der Waals surface area contributed by atoms with Gasteiger partial charge in [0.15, 0.2) is 11.5 Å². The van der Waals surface area contributed by atoms with E-state index in [0.717, 1.165) is 25.7 Å². The van der Waals surface area contributed by atoms with Gasteiger partial charge in [0.1, 0.15) is 17.5 Å². The van der Waals surface area contributed by atoms with Crippen molar-refractivity contribution in [1.29, 1.82) is 5.26 Å². The summed E-state index contributed by atoms with van der Waals surface area (Å²) in [4.78, 5) is 13.8. The number of nitrogens with two attached hydrogens (primary N) is 1. The predicted octanol–water partition coefficient (Wildman–Crippen LogP) is 5.68. The smallest absolute Gasteiger partial charge is 0.259 e. The lowest BCUT2D eigenvalue weighted by molar-refractivity contribution is 0.554. The maximum Gasteiger partial charge on any atom is 0.259 e. The van der Waals surface area contributed by atoms with Gasteiger partial charge in [-0.15, -0.1) is 10.2 Å². The van der Waals surface area contributed by atoms with Gasteiger partial charge < -0.3 is 16.4 Å². The van der Waals surface area contributed by atoms with Crippen molar-refractivity contribution >= 4 is 29.2 Å². The number of aryl methyl sites for hydroxylation is 1. The Kier molecular flexibility index (Phi) is 9.44. The fraction of sp³-hybridized carbons (Fsp3) is 0.630. The molecular weight excluding hydrogens is 506 g/mol. The van der Waals surface area contributed by atoms with Gasteiger partial charge in [0, 0.05) is 31.0 Å². The number of anilines is 3. The molecule has 3 aromatic rings. The van der Waals surface area contributed by atoms with Gasteiger partial charge in [-0.25, -0.2) is 0 Å². The molecule has 13 nitrogen and oxygen atoms in total. The van der Waals surface area contributed by atoms with Crippen LogP contribution in [0.4, 0.5) is 29.2 Å². The summed E-state index contributed by atoms with van der Waals surface area (Å²) in [7, 11) is 1.76. The summed E-state index contributed by atoms with van der Waals surface area (Å²) in [5.74, 6) is 1.64. The minimum Gasteiger partial charge on any atom is -0.382 e. The number of rotatable bonds is 11. The second-order valence-corrected chi connectivity index (χ2v) is 11.8. The van der Waals surface area contributed by atoms with Crippen LogP contribution in [0.3, 0.4) is 0 Å². The van der Waals surface area contributed by atoms with Crippen LogP contribution in [0.25, 0.3) is 5.95 Å². The Morgan fingerprint density at radius 3 is 1.88 bits per heavy atom. The van der Waals surface area contributed by atoms with Crippen molar-refractivity contribution in [2.75, 3.05) is 29.5 Å². The maximum absolute atomic E-state index is 10.2. The van der Waals surface area contributed by atoms with Crippen LogP contribution in [0, 0.1) is 11.3 Å². The van der Waals surface area contributed by atoms with Crippen LogP contribution in [-0.4, -0.2) is 47.6 Å². The lowest BCUT2D eigenvalue weighted by Gasteiger charge is -2.15. The van der Waals surface area contributed by atoms with Gasteiger partial charge in [0.05, 0.1) is 11.4 Å². The fourth-order valence-electron chi connectivity index (χ4n) is 3.87. The van der Waals surface area contributed by atoms with Gasteiger partial charge in [-0.1, -0.05) is 68.2 Å². The van der Waals surface area contributed by atoms with Crippen LogP contribution in [0.2, 0.25) is 0 Å². The molecule has 0 atom stereocenters. The van der Waals surface area contributed by atoms with Crippen LogP contribution < -0.4 is 16.4 Å². The average molecular weight is 550 g/mol. The largest absolute Gasteiger partial charge is 0.382 e. The number of azo groups is 1. The highest BCUT2D eigenvalue weighted by molar-refractivity contribution is 5.64. The summed E-state index contributed by atoms with van der Waals surface area (Å²) in [6.45, 7) is 17.7. The Morgan fingerprint density at radius 1 is 0.850 bits per heavy atom. The molecule has 0 aromatic carbocycles. The first-order chi connectivity index (χ1) is 18.8. The number of nitrogen functional groups attached to an aromatic ring is 1. The van der Waals surface area contributed by atoms with Crippen LogP contribution in [0.15, 0.2) is 10.2 Å². The van der Waals surface area contributed by atoms with Crippen LogP contribution in [0.5, 0.6) is 0 Å². The van der Waals surface area contributed by atoms with Gasteiger partial charge in [0.25, 0.3) is 5.95 Å². The van der Waals surface area contributed by atoms with Crippen LogP contribution >= 0.6 is 0 Å². The molecule has 0 amide bonds. The van der Waals surface area contributed by atoms with E-state index in [1.807, 2.05) is 41.5 Å². The molecule has 0 saturated heterocycles. The van der Waals surface area contributed by atoms with E-state index in [1.165, 1.54) is 4.68 Å². The lowest BCUT2D eigenvalue weighted by Crippen LogP contribution is -2.16. The minimum absolute atomic E-state index is 0.209. The highest BCUT2D eigenvalue weighted by Crippen LogP contribution is 2.38. The van der Waals surface area contributed by atoms with Gasteiger partial charge >= 0.3 is 0 Å².